The second-order valence-corrected chi connectivity index (χ2v) is 8.74. The summed E-state index contributed by atoms with van der Waals surface area (Å²) in [6.07, 6.45) is 10.0. The molecule has 0 N–H and O–H groups in total. The minimum atomic E-state index is -0.0253. The SMILES string of the molecule is CCCCCCN(CCCCCC)c1ccc2nc3c4ccccc4c(=O)cc-3oc2c1. The minimum absolute atomic E-state index is 0.0253. The van der Waals surface area contributed by atoms with Gasteiger partial charge in [-0.05, 0) is 25.0 Å². The molecule has 1 aliphatic heterocycles. The van der Waals surface area contributed by atoms with Crippen LogP contribution in [0.1, 0.15) is 65.2 Å². The van der Waals surface area contributed by atoms with E-state index in [1.165, 1.54) is 57.1 Å². The van der Waals surface area contributed by atoms with Crippen molar-refractivity contribution in [3.63, 3.8) is 0 Å². The lowest BCUT2D eigenvalue weighted by Gasteiger charge is -2.25. The summed E-state index contributed by atoms with van der Waals surface area (Å²) < 4.78 is 6.22. The Labute approximate surface area is 190 Å². The Balaban J connectivity index is 1.67. The van der Waals surface area contributed by atoms with E-state index in [0.717, 1.165) is 35.3 Å². The first-order chi connectivity index (χ1) is 15.7. The number of unbranched alkanes of at least 4 members (excludes halogenated alkanes) is 6. The molecule has 0 bridgehead atoms. The summed E-state index contributed by atoms with van der Waals surface area (Å²) in [7, 11) is 0. The van der Waals surface area contributed by atoms with Crippen LogP contribution in [0, 0.1) is 0 Å². The van der Waals surface area contributed by atoms with Crippen LogP contribution in [0.4, 0.5) is 5.69 Å². The van der Waals surface area contributed by atoms with Crippen LogP contribution in [-0.2, 0) is 0 Å². The summed E-state index contributed by atoms with van der Waals surface area (Å²) in [5, 5.41) is 1.53. The molecule has 2 aromatic carbocycles. The van der Waals surface area contributed by atoms with Crippen molar-refractivity contribution in [1.82, 2.24) is 4.98 Å². The second kappa shape index (κ2) is 10.6. The first-order valence-electron chi connectivity index (χ1n) is 12.2. The summed E-state index contributed by atoms with van der Waals surface area (Å²) in [6.45, 7) is 6.63. The molecule has 0 amide bonds. The number of hydrogen-bond acceptors (Lipinski definition) is 4. The Morgan fingerprint density at radius 2 is 1.50 bits per heavy atom. The first kappa shape index (κ1) is 22.3. The van der Waals surface area contributed by atoms with E-state index in [9.17, 15) is 4.79 Å². The number of hydrogen-bond donors (Lipinski definition) is 0. The largest absolute Gasteiger partial charge is 0.453 e. The van der Waals surface area contributed by atoms with Crippen LogP contribution in [0.2, 0.25) is 0 Å². The van der Waals surface area contributed by atoms with E-state index in [4.69, 9.17) is 9.40 Å². The average molecular weight is 431 g/mol. The molecule has 2 aliphatic rings. The van der Waals surface area contributed by atoms with Gasteiger partial charge in [0.1, 0.15) is 11.2 Å². The highest BCUT2D eigenvalue weighted by atomic mass is 16.3. The standard InChI is InChI=1S/C28H34N2O2/c1-3-5-7-11-17-30(18-12-8-6-4-2)21-15-16-24-26(19-21)32-27-20-25(31)22-13-9-10-14-23(22)28(27)29-24/h9-10,13-16,19-20H,3-8,11-12,17-18H2,1-2H3. The van der Waals surface area contributed by atoms with E-state index < -0.39 is 0 Å². The Kier molecular flexibility index (Phi) is 7.41. The quantitative estimate of drug-likeness (QED) is 0.141. The van der Waals surface area contributed by atoms with Crippen molar-refractivity contribution in [2.24, 2.45) is 0 Å². The maximum Gasteiger partial charge on any atom is 0.190 e. The number of benzene rings is 3. The lowest BCUT2D eigenvalue weighted by atomic mass is 10.0. The van der Waals surface area contributed by atoms with Gasteiger partial charge in [-0.15, -0.1) is 0 Å². The van der Waals surface area contributed by atoms with E-state index in [1.807, 2.05) is 24.3 Å². The van der Waals surface area contributed by atoms with Gasteiger partial charge >= 0.3 is 0 Å². The van der Waals surface area contributed by atoms with Crippen molar-refractivity contribution in [3.8, 4) is 11.5 Å². The predicted molar refractivity (Wildman–Crippen MR) is 135 cm³/mol. The summed E-state index contributed by atoms with van der Waals surface area (Å²) >= 11 is 0. The normalized spacial score (nSPS) is 11.6. The highest BCUT2D eigenvalue weighted by molar-refractivity contribution is 5.96. The Hall–Kier alpha value is -2.88. The maximum atomic E-state index is 12.6. The highest BCUT2D eigenvalue weighted by Gasteiger charge is 2.16. The molecule has 32 heavy (non-hydrogen) atoms. The number of nitrogens with zero attached hydrogens (tertiary/aromatic N) is 2. The number of anilines is 1. The van der Waals surface area contributed by atoms with Crippen LogP contribution in [-0.4, -0.2) is 18.1 Å². The molecule has 0 saturated carbocycles. The molecule has 1 heterocycles. The molecule has 2 aromatic rings. The van der Waals surface area contributed by atoms with Gasteiger partial charge in [-0.1, -0.05) is 76.6 Å². The smallest absolute Gasteiger partial charge is 0.190 e. The van der Waals surface area contributed by atoms with Crippen LogP contribution in [0.5, 0.6) is 0 Å². The molecule has 4 heteroatoms. The van der Waals surface area contributed by atoms with Crippen LogP contribution in [0.15, 0.2) is 57.7 Å². The zero-order valence-electron chi connectivity index (χ0n) is 19.4. The van der Waals surface area contributed by atoms with Gasteiger partial charge in [-0.3, -0.25) is 4.79 Å². The molecule has 0 unspecified atom stereocenters. The zero-order valence-corrected chi connectivity index (χ0v) is 19.4. The molecule has 0 fully saturated rings. The fraction of sp³-hybridized carbons (Fsp3) is 0.429. The molecule has 4 nitrogen and oxygen atoms in total. The number of aromatic nitrogens is 1. The summed E-state index contributed by atoms with van der Waals surface area (Å²) in [5.41, 5.74) is 3.45. The van der Waals surface area contributed by atoms with E-state index in [-0.39, 0.29) is 5.43 Å². The van der Waals surface area contributed by atoms with Crippen molar-refractivity contribution in [2.45, 2.75) is 65.2 Å². The van der Waals surface area contributed by atoms with Gasteiger partial charge in [0.25, 0.3) is 0 Å². The first-order valence-corrected chi connectivity index (χ1v) is 12.2. The van der Waals surface area contributed by atoms with Crippen molar-refractivity contribution in [3.05, 3.63) is 58.8 Å². The molecule has 1 aliphatic carbocycles. The molecule has 0 radical (unpaired) electrons. The molecule has 0 saturated heterocycles. The zero-order chi connectivity index (χ0) is 22.3. The molecule has 0 aromatic heterocycles. The van der Waals surface area contributed by atoms with Gasteiger partial charge < -0.3 is 9.32 Å². The minimum Gasteiger partial charge on any atom is -0.453 e. The Morgan fingerprint density at radius 3 is 2.19 bits per heavy atom. The van der Waals surface area contributed by atoms with Crippen molar-refractivity contribution in [1.29, 1.82) is 0 Å². The fourth-order valence-corrected chi connectivity index (χ4v) is 4.44. The van der Waals surface area contributed by atoms with Gasteiger partial charge in [-0.2, -0.15) is 0 Å². The topological polar surface area (TPSA) is 46.3 Å². The third-order valence-electron chi connectivity index (χ3n) is 6.27. The van der Waals surface area contributed by atoms with Crippen molar-refractivity contribution >= 4 is 27.6 Å². The van der Waals surface area contributed by atoms with Crippen LogP contribution >= 0.6 is 0 Å². The van der Waals surface area contributed by atoms with Gasteiger partial charge in [0.2, 0.25) is 0 Å². The molecule has 168 valence electrons. The Bertz CT molecular complexity index is 1190. The third-order valence-corrected chi connectivity index (χ3v) is 6.27. The predicted octanol–water partition coefficient (Wildman–Crippen LogP) is 7.41. The van der Waals surface area contributed by atoms with E-state index in [0.29, 0.717) is 11.1 Å². The monoisotopic (exact) mass is 430 g/mol. The summed E-state index contributed by atoms with van der Waals surface area (Å²) in [5.74, 6) is 0.552. The van der Waals surface area contributed by atoms with Gasteiger partial charge in [0.05, 0.1) is 0 Å². The number of rotatable bonds is 11. The van der Waals surface area contributed by atoms with E-state index in [2.05, 4.69) is 36.9 Å². The molecule has 0 atom stereocenters. The average Bonchev–Trinajstić information content (AvgIpc) is 2.82. The highest BCUT2D eigenvalue weighted by Crippen LogP contribution is 2.31. The van der Waals surface area contributed by atoms with E-state index in [1.54, 1.807) is 6.07 Å². The molecule has 0 spiro atoms. The van der Waals surface area contributed by atoms with Crippen LogP contribution < -0.4 is 10.3 Å². The lowest BCUT2D eigenvalue weighted by Crippen LogP contribution is -2.25. The van der Waals surface area contributed by atoms with Gasteiger partial charge in [-0.25, -0.2) is 4.98 Å². The molecule has 4 rings (SSSR count). The maximum absolute atomic E-state index is 12.6. The molecular weight excluding hydrogens is 396 g/mol. The fourth-order valence-electron chi connectivity index (χ4n) is 4.44. The van der Waals surface area contributed by atoms with Crippen molar-refractivity contribution < 1.29 is 4.42 Å². The summed E-state index contributed by atoms with van der Waals surface area (Å²) in [4.78, 5) is 19.9. The van der Waals surface area contributed by atoms with Gasteiger partial charge in [0, 0.05) is 41.7 Å². The van der Waals surface area contributed by atoms with Crippen LogP contribution in [0.3, 0.4) is 0 Å². The lowest BCUT2D eigenvalue weighted by molar-refractivity contribution is 0.604. The Morgan fingerprint density at radius 1 is 0.812 bits per heavy atom. The van der Waals surface area contributed by atoms with E-state index >= 15 is 0 Å². The van der Waals surface area contributed by atoms with Gasteiger partial charge in [0.15, 0.2) is 16.8 Å². The second-order valence-electron chi connectivity index (χ2n) is 8.74. The third kappa shape index (κ3) is 4.95. The summed E-state index contributed by atoms with van der Waals surface area (Å²) in [6, 6.07) is 15.5. The van der Waals surface area contributed by atoms with Crippen molar-refractivity contribution in [2.75, 3.05) is 18.0 Å². The van der Waals surface area contributed by atoms with Crippen LogP contribution in [0.25, 0.3) is 33.3 Å². The molecular formula is C28H34N2O2. The number of fused-ring (bicyclic) bond motifs is 4.